The Balaban J connectivity index is 2.11. The number of carbonyl (C=O) groups excluding carboxylic acids is 1. The molecule has 7 heteroatoms. The first kappa shape index (κ1) is 25.8. The first-order valence-electron chi connectivity index (χ1n) is 12.2. The predicted octanol–water partition coefficient (Wildman–Crippen LogP) is 5.01. The third-order valence-corrected chi connectivity index (χ3v) is 6.43. The van der Waals surface area contributed by atoms with Crippen LogP contribution in [0.5, 0.6) is 0 Å². The highest BCUT2D eigenvalue weighted by atomic mass is 17.2. The van der Waals surface area contributed by atoms with Crippen LogP contribution in [-0.4, -0.2) is 40.5 Å². The summed E-state index contributed by atoms with van der Waals surface area (Å²) in [5.41, 5.74) is -0.418. The van der Waals surface area contributed by atoms with Gasteiger partial charge in [-0.25, -0.2) is 9.87 Å². The van der Waals surface area contributed by atoms with Crippen LogP contribution in [0.15, 0.2) is 18.7 Å². The molecule has 1 aromatic rings. The number of rotatable bonds is 15. The number of ether oxygens (including phenoxy) is 1. The smallest absolute Gasteiger partial charge is 0.228 e. The summed E-state index contributed by atoms with van der Waals surface area (Å²) in [5.74, 6) is -1.41. The Labute approximate surface area is 188 Å². The lowest BCUT2D eigenvalue weighted by molar-refractivity contribution is -0.502. The Morgan fingerprint density at radius 2 is 1.77 bits per heavy atom. The Morgan fingerprint density at radius 3 is 2.35 bits per heavy atom. The van der Waals surface area contributed by atoms with Gasteiger partial charge in [0.1, 0.15) is 5.60 Å². The van der Waals surface area contributed by atoms with E-state index in [2.05, 4.69) is 31.1 Å². The van der Waals surface area contributed by atoms with E-state index in [1.54, 1.807) is 19.6 Å². The van der Waals surface area contributed by atoms with Crippen molar-refractivity contribution in [3.63, 3.8) is 0 Å². The Hall–Kier alpha value is -1.44. The van der Waals surface area contributed by atoms with Crippen LogP contribution in [0.1, 0.15) is 91.4 Å². The normalized spacial score (nSPS) is 23.0. The predicted molar refractivity (Wildman–Crippen MR) is 121 cm³/mol. The van der Waals surface area contributed by atoms with Gasteiger partial charge in [-0.2, -0.15) is 4.89 Å². The topological polar surface area (TPSA) is 74.6 Å². The highest BCUT2D eigenvalue weighted by Gasteiger charge is 2.55. The molecule has 1 aromatic heterocycles. The zero-order valence-electron chi connectivity index (χ0n) is 20.0. The zero-order chi connectivity index (χ0) is 22.6. The van der Waals surface area contributed by atoms with Crippen molar-refractivity contribution >= 4 is 5.91 Å². The molecule has 2 heterocycles. The second-order valence-electron chi connectivity index (χ2n) is 8.88. The number of amides is 1. The molecular formula is C24H43N3O4. The minimum absolute atomic E-state index is 0.00394. The van der Waals surface area contributed by atoms with Crippen LogP contribution in [0.25, 0.3) is 0 Å². The fourth-order valence-electron chi connectivity index (χ4n) is 4.41. The van der Waals surface area contributed by atoms with Gasteiger partial charge in [-0.1, -0.05) is 52.9 Å². The van der Waals surface area contributed by atoms with E-state index in [0.717, 1.165) is 64.3 Å². The molecule has 1 aliphatic heterocycles. The second kappa shape index (κ2) is 13.2. The fraction of sp³-hybridized carbons (Fsp3) is 0.833. The molecule has 0 aromatic carbocycles. The van der Waals surface area contributed by atoms with Crippen LogP contribution in [0, 0.1) is 5.92 Å². The fourth-order valence-corrected chi connectivity index (χ4v) is 4.41. The highest BCUT2D eigenvalue weighted by Crippen LogP contribution is 2.46. The van der Waals surface area contributed by atoms with E-state index in [-0.39, 0.29) is 11.8 Å². The van der Waals surface area contributed by atoms with E-state index >= 15 is 0 Å². The average molecular weight is 438 g/mol. The molecule has 0 spiro atoms. The summed E-state index contributed by atoms with van der Waals surface area (Å²) in [4.78, 5) is 29.6. The van der Waals surface area contributed by atoms with Gasteiger partial charge >= 0.3 is 0 Å². The lowest BCUT2D eigenvalue weighted by Crippen LogP contribution is -2.58. The molecule has 0 saturated carbocycles. The van der Waals surface area contributed by atoms with E-state index in [9.17, 15) is 4.79 Å². The number of aryl methyl sites for hydroxylation is 1. The molecule has 7 nitrogen and oxygen atoms in total. The van der Waals surface area contributed by atoms with Crippen molar-refractivity contribution in [2.75, 3.05) is 13.7 Å². The molecule has 0 radical (unpaired) electrons. The number of unbranched alkanes of at least 4 members (excludes halogenated alkanes) is 3. The third-order valence-electron chi connectivity index (χ3n) is 6.43. The molecule has 1 fully saturated rings. The number of nitrogens with one attached hydrogen (secondary N) is 1. The maximum Gasteiger partial charge on any atom is 0.228 e. The van der Waals surface area contributed by atoms with Gasteiger partial charge in [0.25, 0.3) is 0 Å². The van der Waals surface area contributed by atoms with Crippen molar-refractivity contribution < 1.29 is 19.3 Å². The van der Waals surface area contributed by atoms with Gasteiger partial charge in [-0.15, -0.1) is 0 Å². The molecular weight excluding hydrogens is 394 g/mol. The summed E-state index contributed by atoms with van der Waals surface area (Å²) in [6, 6.07) is 0. The van der Waals surface area contributed by atoms with Gasteiger partial charge < -0.3 is 14.6 Å². The van der Waals surface area contributed by atoms with Gasteiger partial charge in [0.2, 0.25) is 11.7 Å². The van der Waals surface area contributed by atoms with Crippen LogP contribution in [-0.2, 0) is 25.9 Å². The van der Waals surface area contributed by atoms with Crippen molar-refractivity contribution in [3.05, 3.63) is 18.7 Å². The van der Waals surface area contributed by atoms with Gasteiger partial charge in [-0.3, -0.25) is 4.79 Å². The quantitative estimate of drug-likeness (QED) is 0.308. The SMILES string of the molecule is CCCCC1(CCCC)C[C@@H](C(=O)NCCCn2ccnc2)[C@](CCCC)(OC)OO1. The summed E-state index contributed by atoms with van der Waals surface area (Å²) < 4.78 is 7.88. The van der Waals surface area contributed by atoms with Gasteiger partial charge in [0.05, 0.1) is 12.2 Å². The third kappa shape index (κ3) is 7.29. The van der Waals surface area contributed by atoms with E-state index in [1.165, 1.54) is 0 Å². The van der Waals surface area contributed by atoms with Gasteiger partial charge in [-0.05, 0) is 32.1 Å². The van der Waals surface area contributed by atoms with Gasteiger partial charge in [0.15, 0.2) is 0 Å². The molecule has 178 valence electrons. The van der Waals surface area contributed by atoms with Crippen LogP contribution < -0.4 is 5.32 Å². The van der Waals surface area contributed by atoms with E-state index in [0.29, 0.717) is 19.4 Å². The van der Waals surface area contributed by atoms with Crippen molar-refractivity contribution in [3.8, 4) is 0 Å². The van der Waals surface area contributed by atoms with Crippen LogP contribution in [0.2, 0.25) is 0 Å². The van der Waals surface area contributed by atoms with E-state index in [4.69, 9.17) is 14.5 Å². The van der Waals surface area contributed by atoms with Crippen molar-refractivity contribution in [2.45, 2.75) is 109 Å². The molecule has 1 saturated heterocycles. The summed E-state index contributed by atoms with van der Waals surface area (Å²) in [6.45, 7) is 7.93. The molecule has 1 amide bonds. The molecule has 2 rings (SSSR count). The number of methoxy groups -OCH3 is 1. The first-order chi connectivity index (χ1) is 15.0. The summed E-state index contributed by atoms with van der Waals surface area (Å²) in [5, 5.41) is 3.14. The van der Waals surface area contributed by atoms with Gasteiger partial charge in [0, 0.05) is 39.0 Å². The summed E-state index contributed by atoms with van der Waals surface area (Å²) in [6.07, 6.45) is 15.6. The molecule has 0 bridgehead atoms. The van der Waals surface area contributed by atoms with Crippen molar-refractivity contribution in [1.29, 1.82) is 0 Å². The Kier molecular flexibility index (Phi) is 11.0. The Bertz CT molecular complexity index is 614. The largest absolute Gasteiger partial charge is 0.356 e. The van der Waals surface area contributed by atoms with E-state index < -0.39 is 11.4 Å². The molecule has 2 atom stereocenters. The number of hydrogen-bond donors (Lipinski definition) is 1. The lowest BCUT2D eigenvalue weighted by atomic mass is 9.77. The number of aromatic nitrogens is 2. The van der Waals surface area contributed by atoms with Crippen LogP contribution in [0.4, 0.5) is 0 Å². The van der Waals surface area contributed by atoms with Crippen LogP contribution in [0.3, 0.4) is 0 Å². The molecule has 1 aliphatic rings. The monoisotopic (exact) mass is 437 g/mol. The number of nitrogens with zero attached hydrogens (tertiary/aromatic N) is 2. The van der Waals surface area contributed by atoms with E-state index in [1.807, 2.05) is 10.8 Å². The average Bonchev–Trinajstić information content (AvgIpc) is 3.32. The number of imidazole rings is 1. The molecule has 0 unspecified atom stereocenters. The Morgan fingerprint density at radius 1 is 1.10 bits per heavy atom. The molecule has 0 aliphatic carbocycles. The molecule has 31 heavy (non-hydrogen) atoms. The standard InChI is InChI=1S/C24H43N3O4/c1-5-8-12-23(13-9-6-2)19-21(24(29-4,31-30-23)14-10-7-3)22(28)26-15-11-17-27-18-16-25-20-27/h16,18,20-21H,5-15,17,19H2,1-4H3,(H,26,28)/t21-,24+/m0/s1. The molecule has 1 N–H and O–H groups in total. The minimum Gasteiger partial charge on any atom is -0.356 e. The first-order valence-corrected chi connectivity index (χ1v) is 12.2. The highest BCUT2D eigenvalue weighted by molar-refractivity contribution is 5.79. The lowest BCUT2D eigenvalue weighted by Gasteiger charge is -2.48. The van der Waals surface area contributed by atoms with Crippen molar-refractivity contribution in [1.82, 2.24) is 14.9 Å². The minimum atomic E-state index is -1.02. The zero-order valence-corrected chi connectivity index (χ0v) is 20.0. The van der Waals surface area contributed by atoms with Crippen molar-refractivity contribution in [2.24, 2.45) is 5.92 Å². The number of hydrogen-bond acceptors (Lipinski definition) is 5. The van der Waals surface area contributed by atoms with Crippen LogP contribution >= 0.6 is 0 Å². The second-order valence-corrected chi connectivity index (χ2v) is 8.88. The summed E-state index contributed by atoms with van der Waals surface area (Å²) >= 11 is 0. The maximum absolute atomic E-state index is 13.4. The number of carbonyl (C=O) groups is 1. The summed E-state index contributed by atoms with van der Waals surface area (Å²) in [7, 11) is 1.63. The maximum atomic E-state index is 13.4.